The SMILES string of the molecule is CCc1ccc(NC(=O)CNC(=O)C(NC(=O)C(CCC(=O)NCCS(=O)(=O)O)NC(=O)CCOCCOCCOCCOCCNC(=O)CCC(C)=O)C(C)C)cc1. The number of ether oxygens (including phenoxy) is 4. The Hall–Kier alpha value is -4.54. The van der Waals surface area contributed by atoms with Crippen LogP contribution in [0.5, 0.6) is 0 Å². The van der Waals surface area contributed by atoms with Crippen molar-refractivity contribution in [1.82, 2.24) is 26.6 Å². The molecule has 1 aromatic carbocycles. The van der Waals surface area contributed by atoms with Gasteiger partial charge in [0.1, 0.15) is 17.9 Å². The minimum absolute atomic E-state index is 0.0213. The van der Waals surface area contributed by atoms with Crippen LogP contribution in [0.25, 0.3) is 0 Å². The summed E-state index contributed by atoms with van der Waals surface area (Å²) in [6.07, 6.45) is 0.518. The van der Waals surface area contributed by atoms with E-state index in [1.54, 1.807) is 26.0 Å². The number of carbonyl (C=O) groups is 7. The molecule has 20 nitrogen and oxygen atoms in total. The van der Waals surface area contributed by atoms with Crippen LogP contribution in [0.4, 0.5) is 5.69 Å². The second-order valence-corrected chi connectivity index (χ2v) is 15.2. The summed E-state index contributed by atoms with van der Waals surface area (Å²) in [4.78, 5) is 86.6. The van der Waals surface area contributed by atoms with Crippen LogP contribution in [-0.2, 0) is 69.0 Å². The average Bonchev–Trinajstić information content (AvgIpc) is 3.17. The molecule has 1 rings (SSSR count). The van der Waals surface area contributed by atoms with Gasteiger partial charge in [-0.3, -0.25) is 33.3 Å². The van der Waals surface area contributed by atoms with Crippen molar-refractivity contribution in [3.05, 3.63) is 29.8 Å². The van der Waals surface area contributed by atoms with Crippen LogP contribution in [0.15, 0.2) is 24.3 Å². The van der Waals surface area contributed by atoms with Crippen molar-refractivity contribution in [3.63, 3.8) is 0 Å². The zero-order valence-electron chi connectivity index (χ0n) is 34.4. The van der Waals surface area contributed by atoms with Crippen molar-refractivity contribution in [2.45, 2.75) is 78.3 Å². The summed E-state index contributed by atoms with van der Waals surface area (Å²) in [7, 11) is -4.31. The maximum absolute atomic E-state index is 13.4. The quantitative estimate of drug-likeness (QED) is 0.0352. The van der Waals surface area contributed by atoms with Gasteiger partial charge in [-0.15, -0.1) is 0 Å². The van der Waals surface area contributed by atoms with E-state index < -0.39 is 63.4 Å². The lowest BCUT2D eigenvalue weighted by Gasteiger charge is -2.25. The molecule has 0 heterocycles. The van der Waals surface area contributed by atoms with E-state index in [1.807, 2.05) is 19.1 Å². The third-order valence-electron chi connectivity index (χ3n) is 8.17. The minimum Gasteiger partial charge on any atom is -0.379 e. The van der Waals surface area contributed by atoms with Crippen molar-refractivity contribution < 1.29 is 65.5 Å². The van der Waals surface area contributed by atoms with Gasteiger partial charge in [0.25, 0.3) is 10.1 Å². The molecular formula is C38H62N6O14S. The van der Waals surface area contributed by atoms with Gasteiger partial charge >= 0.3 is 0 Å². The van der Waals surface area contributed by atoms with E-state index in [-0.39, 0.29) is 83.3 Å². The van der Waals surface area contributed by atoms with Gasteiger partial charge in [0.2, 0.25) is 35.4 Å². The minimum atomic E-state index is -4.31. The Morgan fingerprint density at radius 1 is 0.644 bits per heavy atom. The molecule has 21 heteroatoms. The molecule has 0 spiro atoms. The lowest BCUT2D eigenvalue weighted by molar-refractivity contribution is -0.134. The first-order chi connectivity index (χ1) is 28.0. The number of aryl methyl sites for hydroxylation is 1. The van der Waals surface area contributed by atoms with Crippen molar-refractivity contribution in [1.29, 1.82) is 0 Å². The monoisotopic (exact) mass is 858 g/mol. The van der Waals surface area contributed by atoms with E-state index in [0.717, 1.165) is 12.0 Å². The van der Waals surface area contributed by atoms with Crippen LogP contribution < -0.4 is 31.9 Å². The van der Waals surface area contributed by atoms with E-state index in [9.17, 15) is 42.0 Å². The molecule has 0 aliphatic heterocycles. The Kier molecular flexibility index (Phi) is 27.1. The molecule has 6 amide bonds. The molecular weight excluding hydrogens is 797 g/mol. The van der Waals surface area contributed by atoms with Crippen molar-refractivity contribution in [2.24, 2.45) is 5.92 Å². The van der Waals surface area contributed by atoms with E-state index in [1.165, 1.54) is 6.92 Å². The second kappa shape index (κ2) is 30.5. The van der Waals surface area contributed by atoms with Gasteiger partial charge < -0.3 is 55.6 Å². The topological polar surface area (TPSA) is 283 Å². The fourth-order valence-electron chi connectivity index (χ4n) is 4.88. The Morgan fingerprint density at radius 3 is 1.76 bits per heavy atom. The second-order valence-electron chi connectivity index (χ2n) is 13.6. The first-order valence-electron chi connectivity index (χ1n) is 19.6. The lowest BCUT2D eigenvalue weighted by atomic mass is 10.0. The molecule has 1 aromatic rings. The first-order valence-corrected chi connectivity index (χ1v) is 21.2. The smallest absolute Gasteiger partial charge is 0.266 e. The summed E-state index contributed by atoms with van der Waals surface area (Å²) in [5, 5.41) is 15.3. The van der Waals surface area contributed by atoms with E-state index in [0.29, 0.717) is 38.7 Å². The van der Waals surface area contributed by atoms with Gasteiger partial charge in [0.05, 0.1) is 65.2 Å². The summed E-state index contributed by atoms with van der Waals surface area (Å²) in [5.41, 5.74) is 1.64. The Morgan fingerprint density at radius 2 is 1.20 bits per heavy atom. The normalized spacial score (nSPS) is 12.2. The predicted octanol–water partition coefficient (Wildman–Crippen LogP) is -0.345. The summed E-state index contributed by atoms with van der Waals surface area (Å²) < 4.78 is 52.5. The van der Waals surface area contributed by atoms with Gasteiger partial charge in [-0.2, -0.15) is 8.42 Å². The molecule has 0 saturated carbocycles. The van der Waals surface area contributed by atoms with E-state index >= 15 is 0 Å². The highest BCUT2D eigenvalue weighted by Gasteiger charge is 2.29. The molecule has 2 unspecified atom stereocenters. The fourth-order valence-corrected chi connectivity index (χ4v) is 5.24. The van der Waals surface area contributed by atoms with Crippen molar-refractivity contribution in [3.8, 4) is 0 Å². The van der Waals surface area contributed by atoms with Gasteiger partial charge in [0, 0.05) is 44.5 Å². The van der Waals surface area contributed by atoms with E-state index in [4.69, 9.17) is 23.5 Å². The highest BCUT2D eigenvalue weighted by Crippen LogP contribution is 2.10. The number of amides is 6. The van der Waals surface area contributed by atoms with Gasteiger partial charge in [-0.05, 0) is 43.4 Å². The highest BCUT2D eigenvalue weighted by atomic mass is 32.2. The standard InChI is InChI=1S/C38H62N6O14S/c1-5-29-7-9-30(10-8-29)42-35(49)26-41-38(51)36(27(2)3)44-37(50)31(11-13-33(47)40-16-25-59(52,53)54)43-34(48)14-17-55-19-21-57-23-24-58-22-20-56-18-15-39-32(46)12-6-28(4)45/h7-10,27,31,36H,5-6,11-26H2,1-4H3,(H,39,46)(H,40,47)(H,41,51)(H,42,49)(H,43,48)(H,44,50)(H,52,53,54). The number of hydrogen-bond acceptors (Lipinski definition) is 13. The number of rotatable bonds is 33. The Balaban J connectivity index is 2.51. The van der Waals surface area contributed by atoms with Gasteiger partial charge in [-0.25, -0.2) is 0 Å². The van der Waals surface area contributed by atoms with Crippen LogP contribution in [0, 0.1) is 5.92 Å². The van der Waals surface area contributed by atoms with Crippen molar-refractivity contribution >= 4 is 57.0 Å². The largest absolute Gasteiger partial charge is 0.379 e. The maximum atomic E-state index is 13.4. The molecule has 0 aliphatic rings. The molecule has 0 aliphatic carbocycles. The van der Waals surface area contributed by atoms with E-state index in [2.05, 4.69) is 31.9 Å². The summed E-state index contributed by atoms with van der Waals surface area (Å²) >= 11 is 0. The van der Waals surface area contributed by atoms with Crippen LogP contribution in [-0.4, -0.2) is 145 Å². The molecule has 0 saturated heterocycles. The zero-order chi connectivity index (χ0) is 44.1. The third kappa shape index (κ3) is 27.7. The number of anilines is 1. The molecule has 2 atom stereocenters. The highest BCUT2D eigenvalue weighted by molar-refractivity contribution is 7.85. The van der Waals surface area contributed by atoms with Crippen LogP contribution >= 0.6 is 0 Å². The van der Waals surface area contributed by atoms with Crippen LogP contribution in [0.1, 0.15) is 65.4 Å². The summed E-state index contributed by atoms with van der Waals surface area (Å²) in [5.74, 6) is -4.53. The molecule has 0 bridgehead atoms. The van der Waals surface area contributed by atoms with Gasteiger partial charge in [0.15, 0.2) is 0 Å². The molecule has 59 heavy (non-hydrogen) atoms. The summed E-state index contributed by atoms with van der Waals surface area (Å²) in [6.45, 7) is 8.28. The number of Topliss-reactive ketones (excluding diaryl/α,β-unsaturated/α-hetero) is 1. The zero-order valence-corrected chi connectivity index (χ0v) is 35.2. The average molecular weight is 859 g/mol. The third-order valence-corrected chi connectivity index (χ3v) is 8.89. The lowest BCUT2D eigenvalue weighted by Crippen LogP contribution is -2.56. The molecule has 334 valence electrons. The number of carbonyl (C=O) groups excluding carboxylic acids is 7. The Bertz CT molecular complexity index is 1580. The number of hydrogen-bond donors (Lipinski definition) is 7. The Labute approximate surface area is 346 Å². The van der Waals surface area contributed by atoms with Crippen molar-refractivity contribution in [2.75, 3.05) is 83.6 Å². The maximum Gasteiger partial charge on any atom is 0.266 e. The number of benzene rings is 1. The van der Waals surface area contributed by atoms with Gasteiger partial charge in [-0.1, -0.05) is 32.9 Å². The van der Waals surface area contributed by atoms with Crippen LogP contribution in [0.2, 0.25) is 0 Å². The summed E-state index contributed by atoms with van der Waals surface area (Å²) in [6, 6.07) is 4.84. The molecule has 0 radical (unpaired) electrons. The first kappa shape index (κ1) is 52.5. The molecule has 7 N–H and O–H groups in total. The number of nitrogens with one attached hydrogen (secondary N) is 6. The number of ketones is 1. The van der Waals surface area contributed by atoms with Crippen LogP contribution in [0.3, 0.4) is 0 Å². The predicted molar refractivity (Wildman–Crippen MR) is 216 cm³/mol. The fraction of sp³-hybridized carbons (Fsp3) is 0.658. The molecule has 0 aromatic heterocycles. The molecule has 0 fully saturated rings.